The second-order valence-corrected chi connectivity index (χ2v) is 9.76. The van der Waals surface area contributed by atoms with Crippen molar-refractivity contribution in [3.05, 3.63) is 58.7 Å². The van der Waals surface area contributed by atoms with E-state index in [4.69, 9.17) is 32.1 Å². The molecular weight excluding hydrogens is 323 g/mol. The summed E-state index contributed by atoms with van der Waals surface area (Å²) in [5, 5.41) is 0. The van der Waals surface area contributed by atoms with E-state index < -0.39 is 5.84 Å². The average Bonchev–Trinajstić information content (AvgIpc) is 2.36. The first-order chi connectivity index (χ1) is 9.77. The molecule has 0 aromatic heterocycles. The van der Waals surface area contributed by atoms with Crippen LogP contribution in [0.3, 0.4) is 0 Å². The fraction of sp³-hybridized carbons (Fsp3) is 0.250. The van der Waals surface area contributed by atoms with E-state index in [0.717, 1.165) is 22.3 Å². The van der Waals surface area contributed by atoms with Crippen LogP contribution in [-0.2, 0) is 11.8 Å². The quantitative estimate of drug-likeness (QED) is 0.651. The zero-order chi connectivity index (χ0) is 15.6. The van der Waals surface area contributed by atoms with E-state index in [0.29, 0.717) is 11.5 Å². The Bertz CT molecular complexity index is 658. The molecule has 2 nitrogen and oxygen atoms in total. The molecule has 0 spiro atoms. The van der Waals surface area contributed by atoms with Crippen LogP contribution in [0.5, 0.6) is 11.5 Å². The minimum absolute atomic E-state index is 0.670. The highest BCUT2D eigenvalue weighted by Gasteiger charge is 2.21. The fourth-order valence-corrected chi connectivity index (χ4v) is 3.90. The highest BCUT2D eigenvalue weighted by atomic mass is 35.7. The molecule has 0 fully saturated rings. The van der Waals surface area contributed by atoms with Gasteiger partial charge in [-0.1, -0.05) is 35.4 Å². The lowest BCUT2D eigenvalue weighted by atomic mass is 10.1. The van der Waals surface area contributed by atoms with Gasteiger partial charge < -0.3 is 9.05 Å². The summed E-state index contributed by atoms with van der Waals surface area (Å²) in [5.41, 5.74) is 4.32. The number of hydrogen-bond donors (Lipinski definition) is 0. The molecule has 0 radical (unpaired) electrons. The van der Waals surface area contributed by atoms with Crippen molar-refractivity contribution in [1.29, 1.82) is 0 Å². The van der Waals surface area contributed by atoms with E-state index in [2.05, 4.69) is 0 Å². The standard InChI is InChI=1S/C16H18ClO2PS/c1-11-5-7-15(13(3)9-11)18-20(17,21)19-16-8-6-12(2)10-14(16)4/h5-10H,1-4H3. The molecule has 21 heavy (non-hydrogen) atoms. The van der Waals surface area contributed by atoms with Crippen LogP contribution >= 0.6 is 17.1 Å². The van der Waals surface area contributed by atoms with Crippen LogP contribution in [0, 0.1) is 27.7 Å². The van der Waals surface area contributed by atoms with E-state index in [1.165, 1.54) is 0 Å². The molecule has 2 rings (SSSR count). The molecule has 0 aliphatic heterocycles. The number of halogens is 1. The lowest BCUT2D eigenvalue weighted by molar-refractivity contribution is 0.500. The minimum Gasteiger partial charge on any atom is -0.424 e. The van der Waals surface area contributed by atoms with Crippen molar-refractivity contribution < 1.29 is 9.05 Å². The van der Waals surface area contributed by atoms with Crippen molar-refractivity contribution in [3.63, 3.8) is 0 Å². The molecule has 5 heteroatoms. The van der Waals surface area contributed by atoms with Gasteiger partial charge in [0.25, 0.3) is 0 Å². The van der Waals surface area contributed by atoms with Gasteiger partial charge in [-0.3, -0.25) is 0 Å². The van der Waals surface area contributed by atoms with Crippen LogP contribution in [0.2, 0.25) is 0 Å². The van der Waals surface area contributed by atoms with E-state index in [1.54, 1.807) is 0 Å². The first kappa shape index (κ1) is 16.4. The summed E-state index contributed by atoms with van der Waals surface area (Å²) in [7, 11) is 0. The topological polar surface area (TPSA) is 18.5 Å². The molecular formula is C16H18ClO2PS. The van der Waals surface area contributed by atoms with Crippen LogP contribution < -0.4 is 9.05 Å². The van der Waals surface area contributed by atoms with Gasteiger partial charge >= 0.3 is 5.84 Å². The summed E-state index contributed by atoms with van der Waals surface area (Å²) in [4.78, 5) is 0. The van der Waals surface area contributed by atoms with Gasteiger partial charge in [0.15, 0.2) is 0 Å². The van der Waals surface area contributed by atoms with Gasteiger partial charge in [0.05, 0.1) is 0 Å². The summed E-state index contributed by atoms with van der Waals surface area (Å²) in [6.07, 6.45) is 0. The van der Waals surface area contributed by atoms with Crippen molar-refractivity contribution in [2.75, 3.05) is 0 Å². The van der Waals surface area contributed by atoms with Crippen molar-refractivity contribution in [2.45, 2.75) is 27.7 Å². The molecule has 0 atom stereocenters. The molecule has 0 aliphatic rings. The average molecular weight is 341 g/mol. The van der Waals surface area contributed by atoms with Gasteiger partial charge in [-0.05, 0) is 62.2 Å². The highest BCUT2D eigenvalue weighted by Crippen LogP contribution is 2.54. The molecule has 2 aromatic rings. The Hall–Kier alpha value is -1.02. The third-order valence-corrected chi connectivity index (χ3v) is 4.77. The lowest BCUT2D eigenvalue weighted by Crippen LogP contribution is -1.98. The van der Waals surface area contributed by atoms with Crippen LogP contribution in [0.1, 0.15) is 22.3 Å². The van der Waals surface area contributed by atoms with Crippen LogP contribution in [-0.4, -0.2) is 0 Å². The minimum atomic E-state index is -2.91. The van der Waals surface area contributed by atoms with Gasteiger partial charge in [0.1, 0.15) is 11.5 Å². The second kappa shape index (κ2) is 6.39. The first-order valence-electron chi connectivity index (χ1n) is 6.60. The Morgan fingerprint density at radius 2 is 1.19 bits per heavy atom. The predicted molar refractivity (Wildman–Crippen MR) is 93.2 cm³/mol. The first-order valence-corrected chi connectivity index (χ1v) is 10.1. The zero-order valence-electron chi connectivity index (χ0n) is 12.5. The lowest BCUT2D eigenvalue weighted by Gasteiger charge is -2.19. The highest BCUT2D eigenvalue weighted by molar-refractivity contribution is 8.22. The zero-order valence-corrected chi connectivity index (χ0v) is 15.0. The van der Waals surface area contributed by atoms with Crippen LogP contribution in [0.4, 0.5) is 0 Å². The molecule has 0 heterocycles. The Kier molecular flexibility index (Phi) is 4.98. The molecule has 0 saturated heterocycles. The molecule has 2 aromatic carbocycles. The fourth-order valence-electron chi connectivity index (χ4n) is 2.06. The number of aryl methyl sites for hydroxylation is 4. The Balaban J connectivity index is 2.20. The largest absolute Gasteiger partial charge is 0.424 e. The van der Waals surface area contributed by atoms with Crippen LogP contribution in [0.25, 0.3) is 0 Å². The Morgan fingerprint density at radius 1 is 0.810 bits per heavy atom. The molecule has 0 aliphatic carbocycles. The maximum absolute atomic E-state index is 6.31. The van der Waals surface area contributed by atoms with Gasteiger partial charge in [0, 0.05) is 11.8 Å². The summed E-state index contributed by atoms with van der Waals surface area (Å²) >= 11 is 11.6. The maximum Gasteiger partial charge on any atom is 0.384 e. The van der Waals surface area contributed by atoms with Crippen molar-refractivity contribution in [1.82, 2.24) is 0 Å². The normalized spacial score (nSPS) is 11.3. The monoisotopic (exact) mass is 340 g/mol. The van der Waals surface area contributed by atoms with E-state index in [-0.39, 0.29) is 0 Å². The Morgan fingerprint density at radius 3 is 1.52 bits per heavy atom. The van der Waals surface area contributed by atoms with Crippen molar-refractivity contribution in [3.8, 4) is 11.5 Å². The summed E-state index contributed by atoms with van der Waals surface area (Å²) in [6, 6.07) is 11.7. The summed E-state index contributed by atoms with van der Waals surface area (Å²) in [5.74, 6) is -1.57. The van der Waals surface area contributed by atoms with E-state index >= 15 is 0 Å². The van der Waals surface area contributed by atoms with E-state index in [1.807, 2.05) is 64.1 Å². The molecule has 0 saturated carbocycles. The van der Waals surface area contributed by atoms with Gasteiger partial charge in [-0.2, -0.15) is 0 Å². The van der Waals surface area contributed by atoms with Crippen molar-refractivity contribution >= 4 is 28.9 Å². The Labute approximate surface area is 136 Å². The molecule has 0 N–H and O–H groups in total. The van der Waals surface area contributed by atoms with Crippen molar-refractivity contribution in [2.24, 2.45) is 0 Å². The summed E-state index contributed by atoms with van der Waals surface area (Å²) < 4.78 is 11.5. The third kappa shape index (κ3) is 4.47. The van der Waals surface area contributed by atoms with Gasteiger partial charge in [-0.25, -0.2) is 0 Å². The number of benzene rings is 2. The van der Waals surface area contributed by atoms with E-state index in [9.17, 15) is 0 Å². The van der Waals surface area contributed by atoms with Gasteiger partial charge in [0.2, 0.25) is 0 Å². The predicted octanol–water partition coefficient (Wildman–Crippen LogP) is 5.84. The summed E-state index contributed by atoms with van der Waals surface area (Å²) in [6.45, 7) is 7.98. The maximum atomic E-state index is 6.31. The number of hydrogen-bond acceptors (Lipinski definition) is 3. The number of rotatable bonds is 4. The smallest absolute Gasteiger partial charge is 0.384 e. The third-order valence-electron chi connectivity index (χ3n) is 3.08. The van der Waals surface area contributed by atoms with Gasteiger partial charge in [-0.15, -0.1) is 0 Å². The molecule has 0 bridgehead atoms. The molecule has 0 unspecified atom stereocenters. The SMILES string of the molecule is Cc1ccc(OP(=S)(Cl)Oc2ccc(C)cc2C)c(C)c1. The molecule has 112 valence electrons. The second-order valence-electron chi connectivity index (χ2n) is 5.15. The van der Waals surface area contributed by atoms with Crippen LogP contribution in [0.15, 0.2) is 36.4 Å². The molecule has 0 amide bonds.